The number of aromatic nitrogens is 1. The molecule has 4 aromatic rings. The van der Waals surface area contributed by atoms with Crippen molar-refractivity contribution in [3.63, 3.8) is 0 Å². The Morgan fingerprint density at radius 3 is 2.69 bits per heavy atom. The molecule has 0 aliphatic heterocycles. The molecule has 0 radical (unpaired) electrons. The standard InChI is InChI=1S/C21H13Br2ClN2O3/c1-28-19-13(9-12(22)10-14(19)23)20(27)25-17-8-11(6-7-15(17)24)21-26-16-4-2-3-5-18(16)29-21/h2-10H,1H3,(H,25,27). The molecule has 0 aliphatic carbocycles. The number of fused-ring (bicyclic) bond motifs is 1. The van der Waals surface area contributed by atoms with Gasteiger partial charge in [-0.15, -0.1) is 0 Å². The van der Waals surface area contributed by atoms with Gasteiger partial charge in [-0.25, -0.2) is 4.98 Å². The van der Waals surface area contributed by atoms with Gasteiger partial charge in [-0.2, -0.15) is 0 Å². The molecule has 29 heavy (non-hydrogen) atoms. The lowest BCUT2D eigenvalue weighted by atomic mass is 10.1. The van der Waals surface area contributed by atoms with Gasteiger partial charge in [-0.05, 0) is 58.4 Å². The second-order valence-electron chi connectivity index (χ2n) is 6.10. The van der Waals surface area contributed by atoms with E-state index in [1.165, 1.54) is 7.11 Å². The van der Waals surface area contributed by atoms with Crippen molar-refractivity contribution in [2.24, 2.45) is 0 Å². The van der Waals surface area contributed by atoms with E-state index in [0.717, 1.165) is 9.99 Å². The second-order valence-corrected chi connectivity index (χ2v) is 8.28. The maximum Gasteiger partial charge on any atom is 0.259 e. The lowest BCUT2D eigenvalue weighted by molar-refractivity contribution is 0.102. The maximum absolute atomic E-state index is 12.9. The Morgan fingerprint density at radius 2 is 1.93 bits per heavy atom. The van der Waals surface area contributed by atoms with Crippen molar-refractivity contribution in [3.8, 4) is 17.2 Å². The smallest absolute Gasteiger partial charge is 0.259 e. The molecular formula is C21H13Br2ClN2O3. The summed E-state index contributed by atoms with van der Waals surface area (Å²) in [6, 6.07) is 16.2. The predicted octanol–water partition coefficient (Wildman–Crippen LogP) is 6.93. The highest BCUT2D eigenvalue weighted by Gasteiger charge is 2.18. The normalized spacial score (nSPS) is 10.9. The number of amides is 1. The van der Waals surface area contributed by atoms with E-state index in [1.807, 2.05) is 24.3 Å². The summed E-state index contributed by atoms with van der Waals surface area (Å²) in [7, 11) is 1.51. The number of nitrogens with zero attached hydrogens (tertiary/aromatic N) is 1. The molecule has 0 aliphatic rings. The Labute approximate surface area is 188 Å². The summed E-state index contributed by atoms with van der Waals surface area (Å²) < 4.78 is 12.6. The molecule has 0 spiro atoms. The van der Waals surface area contributed by atoms with E-state index in [-0.39, 0.29) is 5.91 Å². The number of carbonyl (C=O) groups excluding carboxylic acids is 1. The zero-order valence-electron chi connectivity index (χ0n) is 15.0. The first-order valence-corrected chi connectivity index (χ1v) is 10.4. The van der Waals surface area contributed by atoms with Gasteiger partial charge in [0.1, 0.15) is 11.3 Å². The van der Waals surface area contributed by atoms with E-state index in [2.05, 4.69) is 42.2 Å². The van der Waals surface area contributed by atoms with Crippen molar-refractivity contribution in [1.29, 1.82) is 0 Å². The third-order valence-corrected chi connectivity index (χ3v) is 5.59. The Kier molecular flexibility index (Phi) is 5.63. The van der Waals surface area contributed by atoms with E-state index >= 15 is 0 Å². The first-order chi connectivity index (χ1) is 14.0. The zero-order chi connectivity index (χ0) is 20.5. The largest absolute Gasteiger partial charge is 0.495 e. The van der Waals surface area contributed by atoms with Crippen LogP contribution < -0.4 is 10.1 Å². The highest BCUT2D eigenvalue weighted by molar-refractivity contribution is 9.11. The Balaban J connectivity index is 1.69. The summed E-state index contributed by atoms with van der Waals surface area (Å²) in [4.78, 5) is 17.4. The summed E-state index contributed by atoms with van der Waals surface area (Å²) in [5.74, 6) is 0.513. The van der Waals surface area contributed by atoms with Crippen LogP contribution in [0.5, 0.6) is 5.75 Å². The molecule has 1 aromatic heterocycles. The van der Waals surface area contributed by atoms with E-state index in [9.17, 15) is 4.79 Å². The van der Waals surface area contributed by atoms with Crippen LogP contribution in [-0.4, -0.2) is 18.0 Å². The second kappa shape index (κ2) is 8.18. The summed E-state index contributed by atoms with van der Waals surface area (Å²) in [6.45, 7) is 0. The number of hydrogen-bond donors (Lipinski definition) is 1. The number of hydrogen-bond acceptors (Lipinski definition) is 4. The summed E-state index contributed by atoms with van der Waals surface area (Å²) in [5.41, 5.74) is 2.94. The minimum absolute atomic E-state index is 0.358. The number of anilines is 1. The van der Waals surface area contributed by atoms with Crippen LogP contribution in [-0.2, 0) is 0 Å². The van der Waals surface area contributed by atoms with Crippen LogP contribution in [0.15, 0.2) is 68.0 Å². The van der Waals surface area contributed by atoms with Crippen LogP contribution in [0, 0.1) is 0 Å². The van der Waals surface area contributed by atoms with Crippen molar-refractivity contribution in [2.75, 3.05) is 12.4 Å². The molecule has 0 fully saturated rings. The fraction of sp³-hybridized carbons (Fsp3) is 0.0476. The highest BCUT2D eigenvalue weighted by Crippen LogP contribution is 2.35. The molecule has 0 atom stereocenters. The number of oxazole rings is 1. The number of carbonyl (C=O) groups is 1. The molecule has 5 nitrogen and oxygen atoms in total. The molecule has 146 valence electrons. The van der Waals surface area contributed by atoms with Gasteiger partial charge in [0, 0.05) is 10.0 Å². The molecule has 0 bridgehead atoms. The summed E-state index contributed by atoms with van der Waals surface area (Å²) in [6.07, 6.45) is 0. The van der Waals surface area contributed by atoms with Gasteiger partial charge in [-0.3, -0.25) is 4.79 Å². The van der Waals surface area contributed by atoms with Crippen LogP contribution in [0.1, 0.15) is 10.4 Å². The van der Waals surface area contributed by atoms with Crippen molar-refractivity contribution < 1.29 is 13.9 Å². The molecule has 1 N–H and O–H groups in total. The van der Waals surface area contributed by atoms with E-state index in [1.54, 1.807) is 30.3 Å². The zero-order valence-corrected chi connectivity index (χ0v) is 18.9. The minimum atomic E-state index is -0.361. The third-order valence-electron chi connectivity index (χ3n) is 4.21. The molecule has 0 saturated carbocycles. The molecular weight excluding hydrogens is 524 g/mol. The summed E-state index contributed by atoms with van der Waals surface area (Å²) >= 11 is 13.1. The molecule has 1 heterocycles. The van der Waals surface area contributed by atoms with Crippen molar-refractivity contribution in [2.45, 2.75) is 0 Å². The number of nitrogens with one attached hydrogen (secondary N) is 1. The number of ether oxygens (including phenoxy) is 1. The lowest BCUT2D eigenvalue weighted by Gasteiger charge is -2.13. The molecule has 8 heteroatoms. The van der Waals surface area contributed by atoms with E-state index in [0.29, 0.717) is 43.5 Å². The molecule has 3 aromatic carbocycles. The minimum Gasteiger partial charge on any atom is -0.495 e. The number of benzene rings is 3. The van der Waals surface area contributed by atoms with Crippen molar-refractivity contribution >= 4 is 66.2 Å². The molecule has 4 rings (SSSR count). The van der Waals surface area contributed by atoms with Gasteiger partial charge in [0.25, 0.3) is 5.91 Å². The Bertz CT molecular complexity index is 1210. The van der Waals surface area contributed by atoms with Crippen LogP contribution in [0.3, 0.4) is 0 Å². The van der Waals surface area contributed by atoms with Gasteiger partial charge in [0.05, 0.1) is 27.9 Å². The fourth-order valence-corrected chi connectivity index (χ4v) is 4.43. The van der Waals surface area contributed by atoms with E-state index < -0.39 is 0 Å². The maximum atomic E-state index is 12.9. The Morgan fingerprint density at radius 1 is 1.14 bits per heavy atom. The van der Waals surface area contributed by atoms with Crippen LogP contribution in [0.25, 0.3) is 22.6 Å². The van der Waals surface area contributed by atoms with E-state index in [4.69, 9.17) is 20.8 Å². The average molecular weight is 537 g/mol. The topological polar surface area (TPSA) is 64.4 Å². The molecule has 1 amide bonds. The van der Waals surface area contributed by atoms with Gasteiger partial charge in [0.2, 0.25) is 5.89 Å². The van der Waals surface area contributed by atoms with Crippen molar-refractivity contribution in [1.82, 2.24) is 4.98 Å². The SMILES string of the molecule is COc1c(Br)cc(Br)cc1C(=O)Nc1cc(-c2nc3ccccc3o2)ccc1Cl. The summed E-state index contributed by atoms with van der Waals surface area (Å²) in [5, 5.41) is 3.23. The average Bonchev–Trinajstić information content (AvgIpc) is 3.13. The van der Waals surface area contributed by atoms with Crippen molar-refractivity contribution in [3.05, 3.63) is 74.1 Å². The number of para-hydroxylation sites is 2. The number of rotatable bonds is 4. The predicted molar refractivity (Wildman–Crippen MR) is 121 cm³/mol. The molecule has 0 saturated heterocycles. The van der Waals surface area contributed by atoms with Crippen LogP contribution >= 0.6 is 43.5 Å². The van der Waals surface area contributed by atoms with Crippen LogP contribution in [0.2, 0.25) is 5.02 Å². The highest BCUT2D eigenvalue weighted by atomic mass is 79.9. The monoisotopic (exact) mass is 534 g/mol. The van der Waals surface area contributed by atoms with Crippen LogP contribution in [0.4, 0.5) is 5.69 Å². The first kappa shape index (κ1) is 19.9. The lowest BCUT2D eigenvalue weighted by Crippen LogP contribution is -2.14. The third kappa shape index (κ3) is 4.03. The number of halogens is 3. The fourth-order valence-electron chi connectivity index (χ4n) is 2.88. The van der Waals surface area contributed by atoms with Gasteiger partial charge in [0.15, 0.2) is 5.58 Å². The number of methoxy groups -OCH3 is 1. The van der Waals surface area contributed by atoms with Gasteiger partial charge >= 0.3 is 0 Å². The van der Waals surface area contributed by atoms with Gasteiger partial charge in [-0.1, -0.05) is 39.7 Å². The van der Waals surface area contributed by atoms with Gasteiger partial charge < -0.3 is 14.5 Å². The Hall–Kier alpha value is -2.35. The first-order valence-electron chi connectivity index (χ1n) is 8.46. The quantitative estimate of drug-likeness (QED) is 0.307. The molecule has 0 unspecified atom stereocenters.